The fourth-order valence-electron chi connectivity index (χ4n) is 2.40. The van der Waals surface area contributed by atoms with Crippen LogP contribution in [0.4, 0.5) is 0 Å². The molecule has 2 rings (SSSR count). The molecule has 1 aromatic heterocycles. The van der Waals surface area contributed by atoms with Gasteiger partial charge in [-0.1, -0.05) is 13.0 Å². The summed E-state index contributed by atoms with van der Waals surface area (Å²) in [5.74, 6) is -0.153. The van der Waals surface area contributed by atoms with Crippen molar-refractivity contribution in [3.8, 4) is 5.88 Å². The summed E-state index contributed by atoms with van der Waals surface area (Å²) in [6, 6.07) is 3.79. The molecule has 2 heterocycles. The molecule has 0 bridgehead atoms. The maximum atomic E-state index is 11.0. The number of nitrogens with zero attached hydrogens (tertiary/aromatic N) is 2. The second kappa shape index (κ2) is 5.35. The highest BCUT2D eigenvalue weighted by atomic mass is 16.5. The quantitative estimate of drug-likeness (QED) is 0.871. The number of hydrogen-bond donors (Lipinski definition) is 1. The van der Waals surface area contributed by atoms with Gasteiger partial charge in [0.2, 0.25) is 5.88 Å². The molecular weight excluding hydrogens is 232 g/mol. The molecule has 5 nitrogen and oxygen atoms in total. The number of pyridine rings is 1. The number of aliphatic carboxylic acids is 1. The van der Waals surface area contributed by atoms with Crippen LogP contribution in [0, 0.1) is 11.8 Å². The van der Waals surface area contributed by atoms with Crippen molar-refractivity contribution in [1.82, 2.24) is 9.88 Å². The van der Waals surface area contributed by atoms with Crippen molar-refractivity contribution in [2.24, 2.45) is 11.8 Å². The van der Waals surface area contributed by atoms with Crippen LogP contribution in [0.2, 0.25) is 0 Å². The van der Waals surface area contributed by atoms with E-state index in [1.54, 1.807) is 13.3 Å². The summed E-state index contributed by atoms with van der Waals surface area (Å²) < 4.78 is 5.00. The fourth-order valence-corrected chi connectivity index (χ4v) is 2.40. The van der Waals surface area contributed by atoms with Crippen molar-refractivity contribution < 1.29 is 14.6 Å². The summed E-state index contributed by atoms with van der Waals surface area (Å²) in [6.07, 6.45) is 1.78. The number of rotatable bonds is 4. The average molecular weight is 250 g/mol. The molecule has 0 spiro atoms. The molecule has 1 N–H and O–H groups in total. The van der Waals surface area contributed by atoms with Gasteiger partial charge in [0.25, 0.3) is 0 Å². The molecule has 1 aliphatic heterocycles. The van der Waals surface area contributed by atoms with Crippen molar-refractivity contribution in [2.45, 2.75) is 13.5 Å². The third-order valence-electron chi connectivity index (χ3n) is 3.42. The second-order valence-electron chi connectivity index (χ2n) is 4.82. The van der Waals surface area contributed by atoms with Gasteiger partial charge >= 0.3 is 5.97 Å². The lowest BCUT2D eigenvalue weighted by molar-refractivity contribution is -0.142. The molecular formula is C13H18N2O3. The molecule has 18 heavy (non-hydrogen) atoms. The second-order valence-corrected chi connectivity index (χ2v) is 4.82. The van der Waals surface area contributed by atoms with Gasteiger partial charge in [0.05, 0.1) is 13.0 Å². The monoisotopic (exact) mass is 250 g/mol. The minimum absolute atomic E-state index is 0.203. The molecule has 0 saturated carbocycles. The van der Waals surface area contributed by atoms with Gasteiger partial charge in [-0.05, 0) is 11.5 Å². The zero-order chi connectivity index (χ0) is 13.1. The van der Waals surface area contributed by atoms with Crippen molar-refractivity contribution in [3.63, 3.8) is 0 Å². The highest BCUT2D eigenvalue weighted by Crippen LogP contribution is 2.24. The van der Waals surface area contributed by atoms with Gasteiger partial charge < -0.3 is 9.84 Å². The maximum Gasteiger partial charge on any atom is 0.308 e. The molecule has 2 unspecified atom stereocenters. The Morgan fingerprint density at radius 1 is 1.56 bits per heavy atom. The molecule has 1 fully saturated rings. The highest BCUT2D eigenvalue weighted by Gasteiger charge is 2.34. The normalized spacial score (nSPS) is 24.1. The van der Waals surface area contributed by atoms with E-state index in [-0.39, 0.29) is 11.8 Å². The number of ether oxygens (including phenoxy) is 1. The molecule has 0 amide bonds. The highest BCUT2D eigenvalue weighted by molar-refractivity contribution is 5.71. The SMILES string of the molecule is COc1ccc(CN2CC(C)C(C(=O)O)C2)cn1. The number of carboxylic acids is 1. The van der Waals surface area contributed by atoms with E-state index in [9.17, 15) is 4.79 Å². The van der Waals surface area contributed by atoms with E-state index in [0.29, 0.717) is 12.4 Å². The van der Waals surface area contributed by atoms with Crippen LogP contribution < -0.4 is 4.74 Å². The molecule has 98 valence electrons. The van der Waals surface area contributed by atoms with Gasteiger partial charge in [-0.3, -0.25) is 9.69 Å². The predicted molar refractivity (Wildman–Crippen MR) is 66.4 cm³/mol. The van der Waals surface area contributed by atoms with Gasteiger partial charge in [-0.15, -0.1) is 0 Å². The Balaban J connectivity index is 1.96. The summed E-state index contributed by atoms with van der Waals surface area (Å²) >= 11 is 0. The third-order valence-corrected chi connectivity index (χ3v) is 3.42. The first-order valence-corrected chi connectivity index (χ1v) is 6.04. The number of carbonyl (C=O) groups is 1. The van der Waals surface area contributed by atoms with E-state index in [2.05, 4.69) is 9.88 Å². The van der Waals surface area contributed by atoms with Gasteiger partial charge in [0, 0.05) is 31.9 Å². The van der Waals surface area contributed by atoms with Crippen LogP contribution >= 0.6 is 0 Å². The van der Waals surface area contributed by atoms with Gasteiger partial charge in [0.1, 0.15) is 0 Å². The summed E-state index contributed by atoms with van der Waals surface area (Å²) in [4.78, 5) is 17.3. The number of likely N-dealkylation sites (tertiary alicyclic amines) is 1. The Morgan fingerprint density at radius 2 is 2.33 bits per heavy atom. The van der Waals surface area contributed by atoms with Crippen LogP contribution in [0.3, 0.4) is 0 Å². The zero-order valence-corrected chi connectivity index (χ0v) is 10.7. The molecule has 5 heteroatoms. The zero-order valence-electron chi connectivity index (χ0n) is 10.7. The third kappa shape index (κ3) is 2.79. The number of hydrogen-bond acceptors (Lipinski definition) is 4. The lowest BCUT2D eigenvalue weighted by Crippen LogP contribution is -2.23. The first-order valence-electron chi connectivity index (χ1n) is 6.04. The summed E-state index contributed by atoms with van der Waals surface area (Å²) in [5, 5.41) is 9.08. The van der Waals surface area contributed by atoms with Crippen LogP contribution in [0.1, 0.15) is 12.5 Å². The first kappa shape index (κ1) is 12.8. The number of carboxylic acid groups (broad SMARTS) is 1. The number of aromatic nitrogens is 1. The smallest absolute Gasteiger partial charge is 0.308 e. The molecule has 0 aliphatic carbocycles. The van der Waals surface area contributed by atoms with E-state index in [1.807, 2.05) is 19.1 Å². The molecule has 0 radical (unpaired) electrons. The van der Waals surface area contributed by atoms with Crippen LogP contribution in [0.25, 0.3) is 0 Å². The molecule has 1 aliphatic rings. The van der Waals surface area contributed by atoms with Crippen LogP contribution in [0.15, 0.2) is 18.3 Å². The standard InChI is InChI=1S/C13H18N2O3/c1-9-6-15(8-11(9)13(16)17)7-10-3-4-12(18-2)14-5-10/h3-5,9,11H,6-8H2,1-2H3,(H,16,17). The molecule has 0 aromatic carbocycles. The topological polar surface area (TPSA) is 62.7 Å². The van der Waals surface area contributed by atoms with Crippen LogP contribution in [-0.2, 0) is 11.3 Å². The van der Waals surface area contributed by atoms with Crippen molar-refractivity contribution in [1.29, 1.82) is 0 Å². The van der Waals surface area contributed by atoms with E-state index in [1.165, 1.54) is 0 Å². The predicted octanol–water partition coefficient (Wildman–Crippen LogP) is 1.24. The van der Waals surface area contributed by atoms with E-state index < -0.39 is 5.97 Å². The Labute approximate surface area is 106 Å². The molecule has 1 aromatic rings. The Hall–Kier alpha value is -1.62. The van der Waals surface area contributed by atoms with Crippen molar-refractivity contribution in [2.75, 3.05) is 20.2 Å². The minimum Gasteiger partial charge on any atom is -0.481 e. The average Bonchev–Trinajstić information content (AvgIpc) is 2.71. The molecule has 2 atom stereocenters. The van der Waals surface area contributed by atoms with Gasteiger partial charge in [-0.2, -0.15) is 0 Å². The molecule has 1 saturated heterocycles. The van der Waals surface area contributed by atoms with Crippen molar-refractivity contribution >= 4 is 5.97 Å². The minimum atomic E-state index is -0.696. The largest absolute Gasteiger partial charge is 0.481 e. The van der Waals surface area contributed by atoms with Crippen LogP contribution in [0.5, 0.6) is 5.88 Å². The summed E-state index contributed by atoms with van der Waals surface area (Å²) in [7, 11) is 1.58. The summed E-state index contributed by atoms with van der Waals surface area (Å²) in [6.45, 7) is 4.17. The Bertz CT molecular complexity index is 419. The lowest BCUT2D eigenvalue weighted by atomic mass is 9.99. The van der Waals surface area contributed by atoms with E-state index in [0.717, 1.165) is 18.7 Å². The van der Waals surface area contributed by atoms with Crippen LogP contribution in [-0.4, -0.2) is 41.2 Å². The van der Waals surface area contributed by atoms with Gasteiger partial charge in [0.15, 0.2) is 0 Å². The Morgan fingerprint density at radius 3 is 2.83 bits per heavy atom. The van der Waals surface area contributed by atoms with E-state index >= 15 is 0 Å². The number of methoxy groups -OCH3 is 1. The fraction of sp³-hybridized carbons (Fsp3) is 0.538. The summed E-state index contributed by atoms with van der Waals surface area (Å²) in [5.41, 5.74) is 1.08. The lowest BCUT2D eigenvalue weighted by Gasteiger charge is -2.15. The first-order chi connectivity index (χ1) is 8.60. The van der Waals surface area contributed by atoms with E-state index in [4.69, 9.17) is 9.84 Å². The maximum absolute atomic E-state index is 11.0. The van der Waals surface area contributed by atoms with Crippen molar-refractivity contribution in [3.05, 3.63) is 23.9 Å². The van der Waals surface area contributed by atoms with Gasteiger partial charge in [-0.25, -0.2) is 4.98 Å². The Kier molecular flexibility index (Phi) is 3.81.